The van der Waals surface area contributed by atoms with Gasteiger partial charge in [0, 0.05) is 11.7 Å². The second-order valence-corrected chi connectivity index (χ2v) is 5.44. The van der Waals surface area contributed by atoms with Gasteiger partial charge in [-0.05, 0) is 30.7 Å². The molecule has 1 saturated heterocycles. The van der Waals surface area contributed by atoms with E-state index < -0.39 is 0 Å². The molecule has 1 aromatic rings. The van der Waals surface area contributed by atoms with Crippen LogP contribution in [0.4, 0.5) is 5.69 Å². The minimum absolute atomic E-state index is 0.0975. The van der Waals surface area contributed by atoms with Gasteiger partial charge < -0.3 is 5.32 Å². The Bertz CT molecular complexity index is 377. The summed E-state index contributed by atoms with van der Waals surface area (Å²) in [7, 11) is 0. The summed E-state index contributed by atoms with van der Waals surface area (Å²) in [5, 5.41) is 3.49. The molecule has 86 valence electrons. The van der Waals surface area contributed by atoms with Crippen LogP contribution >= 0.6 is 23.4 Å². The Morgan fingerprint density at radius 1 is 1.44 bits per heavy atom. The van der Waals surface area contributed by atoms with Crippen LogP contribution in [-0.2, 0) is 4.79 Å². The molecule has 0 aliphatic carbocycles. The smallest absolute Gasteiger partial charge is 0.228 e. The molecular formula is C12H14ClNOS. The summed E-state index contributed by atoms with van der Waals surface area (Å²) in [4.78, 5) is 11.9. The zero-order chi connectivity index (χ0) is 11.4. The fourth-order valence-corrected chi connectivity index (χ4v) is 3.07. The SMILES string of the molecule is O=C(Nc1ccccc1Cl)C1CCCSC1. The van der Waals surface area contributed by atoms with E-state index in [0.717, 1.165) is 18.6 Å². The average molecular weight is 256 g/mol. The maximum Gasteiger partial charge on any atom is 0.228 e. The molecule has 2 nitrogen and oxygen atoms in total. The van der Waals surface area contributed by atoms with E-state index in [2.05, 4.69) is 5.32 Å². The van der Waals surface area contributed by atoms with Gasteiger partial charge in [0.05, 0.1) is 10.7 Å². The first kappa shape index (κ1) is 11.8. The molecule has 0 saturated carbocycles. The summed E-state index contributed by atoms with van der Waals surface area (Å²) >= 11 is 7.84. The molecule has 0 radical (unpaired) electrons. The van der Waals surface area contributed by atoms with Crippen LogP contribution in [0.1, 0.15) is 12.8 Å². The summed E-state index contributed by atoms with van der Waals surface area (Å²) in [6, 6.07) is 7.34. The van der Waals surface area contributed by atoms with Gasteiger partial charge in [0.2, 0.25) is 5.91 Å². The van der Waals surface area contributed by atoms with Crippen molar-refractivity contribution in [2.75, 3.05) is 16.8 Å². The van der Waals surface area contributed by atoms with Crippen LogP contribution < -0.4 is 5.32 Å². The van der Waals surface area contributed by atoms with E-state index in [9.17, 15) is 4.79 Å². The molecule has 4 heteroatoms. The van der Waals surface area contributed by atoms with Gasteiger partial charge in [-0.2, -0.15) is 11.8 Å². The van der Waals surface area contributed by atoms with Crippen molar-refractivity contribution in [2.45, 2.75) is 12.8 Å². The number of rotatable bonds is 2. The molecule has 1 aromatic carbocycles. The first-order chi connectivity index (χ1) is 7.77. The van der Waals surface area contributed by atoms with E-state index >= 15 is 0 Å². The number of carbonyl (C=O) groups is 1. The highest BCUT2D eigenvalue weighted by molar-refractivity contribution is 7.99. The fraction of sp³-hybridized carbons (Fsp3) is 0.417. The number of hydrogen-bond acceptors (Lipinski definition) is 2. The van der Waals surface area contributed by atoms with Crippen LogP contribution in [0, 0.1) is 5.92 Å². The molecular weight excluding hydrogens is 242 g/mol. The fourth-order valence-electron chi connectivity index (χ4n) is 1.74. The Kier molecular flexibility index (Phi) is 4.13. The predicted octanol–water partition coefficient (Wildman–Crippen LogP) is 3.42. The lowest BCUT2D eigenvalue weighted by atomic mass is 10.0. The third-order valence-corrected chi connectivity index (χ3v) is 4.21. The van der Waals surface area contributed by atoms with Crippen molar-refractivity contribution >= 4 is 35.0 Å². The first-order valence-electron chi connectivity index (χ1n) is 5.40. The summed E-state index contributed by atoms with van der Waals surface area (Å²) in [5.41, 5.74) is 0.713. The Morgan fingerprint density at radius 3 is 2.94 bits per heavy atom. The molecule has 1 amide bonds. The first-order valence-corrected chi connectivity index (χ1v) is 6.94. The molecule has 1 fully saturated rings. The van der Waals surface area contributed by atoms with Gasteiger partial charge in [-0.15, -0.1) is 0 Å². The molecule has 1 aliphatic rings. The lowest BCUT2D eigenvalue weighted by Crippen LogP contribution is -2.27. The molecule has 1 aliphatic heterocycles. The van der Waals surface area contributed by atoms with Crippen LogP contribution in [0.15, 0.2) is 24.3 Å². The highest BCUT2D eigenvalue weighted by Gasteiger charge is 2.21. The highest BCUT2D eigenvalue weighted by atomic mass is 35.5. The lowest BCUT2D eigenvalue weighted by molar-refractivity contribution is -0.119. The minimum atomic E-state index is 0.0975. The molecule has 16 heavy (non-hydrogen) atoms. The number of nitrogens with one attached hydrogen (secondary N) is 1. The van der Waals surface area contributed by atoms with Gasteiger partial charge in [0.15, 0.2) is 0 Å². The average Bonchev–Trinajstić information content (AvgIpc) is 2.33. The van der Waals surface area contributed by atoms with E-state index in [1.807, 2.05) is 30.0 Å². The Labute approximate surface area is 105 Å². The number of para-hydroxylation sites is 1. The number of amides is 1. The van der Waals surface area contributed by atoms with Gasteiger partial charge in [0.25, 0.3) is 0 Å². The zero-order valence-corrected chi connectivity index (χ0v) is 10.5. The maximum atomic E-state index is 11.9. The molecule has 1 heterocycles. The van der Waals surface area contributed by atoms with E-state index in [4.69, 9.17) is 11.6 Å². The van der Waals surface area contributed by atoms with Crippen molar-refractivity contribution in [1.29, 1.82) is 0 Å². The Hall–Kier alpha value is -0.670. The monoisotopic (exact) mass is 255 g/mol. The van der Waals surface area contributed by atoms with E-state index in [1.165, 1.54) is 5.75 Å². The van der Waals surface area contributed by atoms with Crippen molar-refractivity contribution < 1.29 is 4.79 Å². The number of hydrogen-bond donors (Lipinski definition) is 1. The van der Waals surface area contributed by atoms with Gasteiger partial charge in [-0.1, -0.05) is 23.7 Å². The minimum Gasteiger partial charge on any atom is -0.324 e. The van der Waals surface area contributed by atoms with Crippen molar-refractivity contribution in [1.82, 2.24) is 0 Å². The number of thioether (sulfide) groups is 1. The summed E-state index contributed by atoms with van der Waals surface area (Å²) in [6.07, 6.45) is 2.12. The third kappa shape index (κ3) is 2.92. The topological polar surface area (TPSA) is 29.1 Å². The van der Waals surface area contributed by atoms with E-state index in [0.29, 0.717) is 10.7 Å². The summed E-state index contributed by atoms with van der Waals surface area (Å²) in [5.74, 6) is 2.34. The quantitative estimate of drug-likeness (QED) is 0.877. The molecule has 0 aromatic heterocycles. The number of carbonyl (C=O) groups excluding carboxylic acids is 1. The second kappa shape index (κ2) is 5.60. The van der Waals surface area contributed by atoms with Crippen molar-refractivity contribution in [3.05, 3.63) is 29.3 Å². The largest absolute Gasteiger partial charge is 0.324 e. The number of benzene rings is 1. The zero-order valence-electron chi connectivity index (χ0n) is 8.91. The van der Waals surface area contributed by atoms with Gasteiger partial charge in [-0.3, -0.25) is 4.79 Å². The molecule has 1 atom stereocenters. The van der Waals surface area contributed by atoms with Crippen LogP contribution in [0.3, 0.4) is 0 Å². The van der Waals surface area contributed by atoms with E-state index in [-0.39, 0.29) is 11.8 Å². The number of halogens is 1. The second-order valence-electron chi connectivity index (χ2n) is 3.88. The van der Waals surface area contributed by atoms with Crippen LogP contribution in [0.5, 0.6) is 0 Å². The van der Waals surface area contributed by atoms with Gasteiger partial charge >= 0.3 is 0 Å². The third-order valence-electron chi connectivity index (χ3n) is 2.66. The van der Waals surface area contributed by atoms with Crippen molar-refractivity contribution in [2.24, 2.45) is 5.92 Å². The normalized spacial score (nSPS) is 20.4. The van der Waals surface area contributed by atoms with Crippen molar-refractivity contribution in [3.8, 4) is 0 Å². The van der Waals surface area contributed by atoms with Gasteiger partial charge in [0.1, 0.15) is 0 Å². The lowest BCUT2D eigenvalue weighted by Gasteiger charge is -2.20. The van der Waals surface area contributed by atoms with Crippen molar-refractivity contribution in [3.63, 3.8) is 0 Å². The van der Waals surface area contributed by atoms with Crippen LogP contribution in [0.25, 0.3) is 0 Å². The molecule has 1 N–H and O–H groups in total. The molecule has 0 spiro atoms. The highest BCUT2D eigenvalue weighted by Crippen LogP contribution is 2.26. The van der Waals surface area contributed by atoms with Gasteiger partial charge in [-0.25, -0.2) is 0 Å². The number of anilines is 1. The van der Waals surface area contributed by atoms with Crippen LogP contribution in [-0.4, -0.2) is 17.4 Å². The molecule has 0 bridgehead atoms. The predicted molar refractivity (Wildman–Crippen MR) is 70.1 cm³/mol. The molecule has 1 unspecified atom stereocenters. The molecule has 2 rings (SSSR count). The maximum absolute atomic E-state index is 11.9. The van der Waals surface area contributed by atoms with E-state index in [1.54, 1.807) is 6.07 Å². The Morgan fingerprint density at radius 2 is 2.25 bits per heavy atom. The Balaban J connectivity index is 1.99. The van der Waals surface area contributed by atoms with Crippen LogP contribution in [0.2, 0.25) is 5.02 Å². The summed E-state index contributed by atoms with van der Waals surface area (Å²) in [6.45, 7) is 0. The standard InChI is InChI=1S/C12H14ClNOS/c13-10-5-1-2-6-11(10)14-12(15)9-4-3-7-16-8-9/h1-2,5-6,9H,3-4,7-8H2,(H,14,15). The summed E-state index contributed by atoms with van der Waals surface area (Å²) < 4.78 is 0.